The molecule has 0 bridgehead atoms. The molecule has 0 atom stereocenters. The van der Waals surface area contributed by atoms with Crippen LogP contribution >= 0.6 is 15.9 Å². The van der Waals surface area contributed by atoms with Gasteiger partial charge in [-0.25, -0.2) is 8.78 Å². The van der Waals surface area contributed by atoms with Gasteiger partial charge in [0.1, 0.15) is 17.3 Å². The second-order valence-corrected chi connectivity index (χ2v) is 4.30. The smallest absolute Gasteiger partial charge is 0.241 e. The molecule has 3 nitrogen and oxygen atoms in total. The molecule has 0 aliphatic heterocycles. The first-order valence-corrected chi connectivity index (χ1v) is 5.29. The van der Waals surface area contributed by atoms with Crippen molar-refractivity contribution < 1.29 is 13.6 Å². The Balaban J connectivity index is 2.78. The molecule has 1 rings (SSSR count). The lowest BCUT2D eigenvalue weighted by Gasteiger charge is -2.12. The van der Waals surface area contributed by atoms with E-state index in [-0.39, 0.29) is 18.1 Å². The molecule has 0 aromatic heterocycles. The molecule has 0 saturated heterocycles. The minimum atomic E-state index is -0.738. The summed E-state index contributed by atoms with van der Waals surface area (Å²) in [5.41, 5.74) is -0.293. The SMILES string of the molecule is CN(C)C(=O)CNc1c(F)cc(Br)cc1F. The molecule has 0 spiro atoms. The van der Waals surface area contributed by atoms with E-state index in [1.807, 2.05) is 0 Å². The molecule has 0 aliphatic carbocycles. The maximum absolute atomic E-state index is 13.3. The van der Waals surface area contributed by atoms with Crippen LogP contribution in [0.4, 0.5) is 14.5 Å². The predicted molar refractivity (Wildman–Crippen MR) is 61.2 cm³/mol. The number of rotatable bonds is 3. The Labute approximate surface area is 101 Å². The normalized spacial score (nSPS) is 10.1. The molecule has 1 N–H and O–H groups in total. The first-order valence-electron chi connectivity index (χ1n) is 4.50. The average Bonchev–Trinajstić information content (AvgIpc) is 2.15. The Hall–Kier alpha value is -1.17. The summed E-state index contributed by atoms with van der Waals surface area (Å²) in [4.78, 5) is 12.5. The molecule has 1 amide bonds. The number of carbonyl (C=O) groups is 1. The third-order valence-corrected chi connectivity index (χ3v) is 2.38. The number of anilines is 1. The van der Waals surface area contributed by atoms with Crippen LogP contribution in [0.15, 0.2) is 16.6 Å². The van der Waals surface area contributed by atoms with Crippen LogP contribution in [0, 0.1) is 11.6 Å². The number of amides is 1. The van der Waals surface area contributed by atoms with Gasteiger partial charge in [-0.2, -0.15) is 0 Å². The minimum absolute atomic E-state index is 0.150. The molecule has 0 unspecified atom stereocenters. The van der Waals surface area contributed by atoms with E-state index in [4.69, 9.17) is 0 Å². The zero-order valence-electron chi connectivity index (χ0n) is 8.85. The number of hydrogen-bond acceptors (Lipinski definition) is 2. The number of likely N-dealkylation sites (N-methyl/N-ethyl adjacent to an activating group) is 1. The summed E-state index contributed by atoms with van der Waals surface area (Å²) < 4.78 is 26.9. The largest absolute Gasteiger partial charge is 0.371 e. The van der Waals surface area contributed by atoms with E-state index in [2.05, 4.69) is 21.2 Å². The topological polar surface area (TPSA) is 32.3 Å². The van der Waals surface area contributed by atoms with Crippen LogP contribution in [0.25, 0.3) is 0 Å². The second kappa shape index (κ2) is 5.25. The molecule has 0 radical (unpaired) electrons. The third kappa shape index (κ3) is 3.16. The fourth-order valence-electron chi connectivity index (χ4n) is 1.03. The summed E-state index contributed by atoms with van der Waals surface area (Å²) in [7, 11) is 3.14. The number of nitrogens with one attached hydrogen (secondary N) is 1. The van der Waals surface area contributed by atoms with Gasteiger partial charge in [0.05, 0.1) is 6.54 Å². The Morgan fingerprint density at radius 1 is 1.38 bits per heavy atom. The van der Waals surface area contributed by atoms with Crippen molar-refractivity contribution in [2.24, 2.45) is 0 Å². The fraction of sp³-hybridized carbons (Fsp3) is 0.300. The predicted octanol–water partition coefficient (Wildman–Crippen LogP) is 2.23. The summed E-state index contributed by atoms with van der Waals surface area (Å²) >= 11 is 2.97. The van der Waals surface area contributed by atoms with Crippen LogP contribution in [0.2, 0.25) is 0 Å². The van der Waals surface area contributed by atoms with Gasteiger partial charge in [-0.1, -0.05) is 15.9 Å². The van der Waals surface area contributed by atoms with Crippen molar-refractivity contribution >= 4 is 27.5 Å². The van der Waals surface area contributed by atoms with Crippen LogP contribution < -0.4 is 5.32 Å². The number of benzene rings is 1. The van der Waals surface area contributed by atoms with Crippen molar-refractivity contribution in [2.75, 3.05) is 26.0 Å². The standard InChI is InChI=1S/C10H11BrF2N2O/c1-15(2)9(16)5-14-10-7(12)3-6(11)4-8(10)13/h3-4,14H,5H2,1-2H3. The Morgan fingerprint density at radius 2 is 1.88 bits per heavy atom. The van der Waals surface area contributed by atoms with E-state index in [1.54, 1.807) is 14.1 Å². The number of nitrogens with zero attached hydrogens (tertiary/aromatic N) is 1. The minimum Gasteiger partial charge on any atom is -0.371 e. The van der Waals surface area contributed by atoms with Gasteiger partial charge >= 0.3 is 0 Å². The van der Waals surface area contributed by atoms with Gasteiger partial charge in [0, 0.05) is 18.6 Å². The number of hydrogen-bond donors (Lipinski definition) is 1. The van der Waals surface area contributed by atoms with Gasteiger partial charge in [-0.3, -0.25) is 4.79 Å². The Bertz CT molecular complexity index is 387. The van der Waals surface area contributed by atoms with Crippen LogP contribution in [0.1, 0.15) is 0 Å². The van der Waals surface area contributed by atoms with Crippen molar-refractivity contribution in [3.63, 3.8) is 0 Å². The lowest BCUT2D eigenvalue weighted by molar-refractivity contribution is -0.126. The van der Waals surface area contributed by atoms with Crippen molar-refractivity contribution in [3.05, 3.63) is 28.2 Å². The van der Waals surface area contributed by atoms with E-state index in [1.165, 1.54) is 4.90 Å². The zero-order chi connectivity index (χ0) is 12.3. The monoisotopic (exact) mass is 292 g/mol. The van der Waals surface area contributed by atoms with Crippen LogP contribution in [0.3, 0.4) is 0 Å². The molecule has 0 fully saturated rings. The van der Waals surface area contributed by atoms with E-state index in [9.17, 15) is 13.6 Å². The summed E-state index contributed by atoms with van der Waals surface area (Å²) in [5.74, 6) is -1.74. The van der Waals surface area contributed by atoms with E-state index in [0.717, 1.165) is 12.1 Å². The highest BCUT2D eigenvalue weighted by atomic mass is 79.9. The van der Waals surface area contributed by atoms with Crippen molar-refractivity contribution in [1.29, 1.82) is 0 Å². The summed E-state index contributed by atoms with van der Waals surface area (Å²) in [6.45, 7) is -0.150. The highest BCUT2D eigenvalue weighted by molar-refractivity contribution is 9.10. The van der Waals surface area contributed by atoms with E-state index >= 15 is 0 Å². The molecule has 0 saturated carbocycles. The van der Waals surface area contributed by atoms with Crippen LogP contribution in [-0.4, -0.2) is 31.4 Å². The lowest BCUT2D eigenvalue weighted by atomic mass is 10.3. The molecule has 1 aromatic rings. The maximum Gasteiger partial charge on any atom is 0.241 e. The highest BCUT2D eigenvalue weighted by Crippen LogP contribution is 2.23. The number of carbonyl (C=O) groups excluding carboxylic acids is 1. The average molecular weight is 293 g/mol. The highest BCUT2D eigenvalue weighted by Gasteiger charge is 2.12. The summed E-state index contributed by atoms with van der Waals surface area (Å²) in [5, 5.41) is 2.43. The molecule has 6 heteroatoms. The van der Waals surface area contributed by atoms with Crippen molar-refractivity contribution in [1.82, 2.24) is 4.90 Å². The molecule has 88 valence electrons. The molecule has 1 aromatic carbocycles. The van der Waals surface area contributed by atoms with Gasteiger partial charge in [-0.15, -0.1) is 0 Å². The molecular formula is C10H11BrF2N2O. The van der Waals surface area contributed by atoms with E-state index < -0.39 is 11.6 Å². The van der Waals surface area contributed by atoms with Crippen molar-refractivity contribution in [2.45, 2.75) is 0 Å². The quantitative estimate of drug-likeness (QED) is 0.927. The molecular weight excluding hydrogens is 282 g/mol. The first kappa shape index (κ1) is 12.9. The van der Waals surface area contributed by atoms with Gasteiger partial charge in [-0.05, 0) is 12.1 Å². The molecule has 0 aliphatic rings. The van der Waals surface area contributed by atoms with Gasteiger partial charge in [0.25, 0.3) is 0 Å². The summed E-state index contributed by atoms with van der Waals surface area (Å²) in [6, 6.07) is 2.26. The van der Waals surface area contributed by atoms with Gasteiger partial charge in [0.2, 0.25) is 5.91 Å². The third-order valence-electron chi connectivity index (χ3n) is 1.92. The Morgan fingerprint density at radius 3 is 2.31 bits per heavy atom. The van der Waals surface area contributed by atoms with Crippen LogP contribution in [-0.2, 0) is 4.79 Å². The van der Waals surface area contributed by atoms with E-state index in [0.29, 0.717) is 4.47 Å². The van der Waals surface area contributed by atoms with Crippen molar-refractivity contribution in [3.8, 4) is 0 Å². The summed E-state index contributed by atoms with van der Waals surface area (Å²) in [6.07, 6.45) is 0. The first-order chi connectivity index (χ1) is 7.41. The maximum atomic E-state index is 13.3. The second-order valence-electron chi connectivity index (χ2n) is 3.39. The zero-order valence-corrected chi connectivity index (χ0v) is 10.4. The van der Waals surface area contributed by atoms with Crippen LogP contribution in [0.5, 0.6) is 0 Å². The fourth-order valence-corrected chi connectivity index (χ4v) is 1.44. The van der Waals surface area contributed by atoms with Gasteiger partial charge in [0.15, 0.2) is 0 Å². The number of halogens is 3. The van der Waals surface area contributed by atoms with Gasteiger partial charge < -0.3 is 10.2 Å². The molecule has 16 heavy (non-hydrogen) atoms. The molecule has 0 heterocycles. The lowest BCUT2D eigenvalue weighted by Crippen LogP contribution is -2.29. The Kier molecular flexibility index (Phi) is 4.23.